The van der Waals surface area contributed by atoms with Gasteiger partial charge in [-0.1, -0.05) is 47.0 Å². The zero-order valence-electron chi connectivity index (χ0n) is 11.8. The highest BCUT2D eigenvalue weighted by atomic mass is 14.5. The fourth-order valence-electron chi connectivity index (χ4n) is 5.20. The first-order valence-corrected chi connectivity index (χ1v) is 7.41. The van der Waals surface area contributed by atoms with Gasteiger partial charge in [-0.25, -0.2) is 0 Å². The summed E-state index contributed by atoms with van der Waals surface area (Å²) in [5.74, 6) is 1.93. The van der Waals surface area contributed by atoms with Crippen LogP contribution in [-0.4, -0.2) is 0 Å². The van der Waals surface area contributed by atoms with Crippen LogP contribution in [0.2, 0.25) is 0 Å². The molecule has 0 nitrogen and oxygen atoms in total. The lowest BCUT2D eigenvalue weighted by Gasteiger charge is -2.48. The van der Waals surface area contributed by atoms with Crippen LogP contribution in [0.3, 0.4) is 0 Å². The van der Waals surface area contributed by atoms with Crippen molar-refractivity contribution in [1.82, 2.24) is 0 Å². The third-order valence-electron chi connectivity index (χ3n) is 4.97. The molecular formula is C16H30. The second kappa shape index (κ2) is 4.35. The molecule has 0 aliphatic heterocycles. The van der Waals surface area contributed by atoms with E-state index in [4.69, 9.17) is 0 Å². The Kier molecular flexibility index (Phi) is 3.39. The van der Waals surface area contributed by atoms with Crippen molar-refractivity contribution in [2.24, 2.45) is 22.7 Å². The Balaban J connectivity index is 2.15. The van der Waals surface area contributed by atoms with E-state index in [-0.39, 0.29) is 0 Å². The van der Waals surface area contributed by atoms with Crippen LogP contribution >= 0.6 is 0 Å². The molecule has 2 aliphatic rings. The summed E-state index contributed by atoms with van der Waals surface area (Å²) in [4.78, 5) is 0. The van der Waals surface area contributed by atoms with Gasteiger partial charge in [-0.05, 0) is 54.8 Å². The average Bonchev–Trinajstić information content (AvgIpc) is 2.23. The van der Waals surface area contributed by atoms with E-state index in [9.17, 15) is 0 Å². The topological polar surface area (TPSA) is 0 Å². The molecular weight excluding hydrogens is 192 g/mol. The van der Waals surface area contributed by atoms with Crippen LogP contribution in [0.15, 0.2) is 0 Å². The highest BCUT2D eigenvalue weighted by molar-refractivity contribution is 4.94. The molecule has 16 heavy (non-hydrogen) atoms. The predicted octanol–water partition coefficient (Wildman–Crippen LogP) is 5.42. The molecule has 0 bridgehead atoms. The Morgan fingerprint density at radius 3 is 2.25 bits per heavy atom. The van der Waals surface area contributed by atoms with E-state index in [1.165, 1.54) is 51.4 Å². The first-order valence-electron chi connectivity index (χ1n) is 7.41. The maximum absolute atomic E-state index is 2.50. The van der Waals surface area contributed by atoms with Gasteiger partial charge in [0.25, 0.3) is 0 Å². The summed E-state index contributed by atoms with van der Waals surface area (Å²) in [5.41, 5.74) is 1.32. The molecule has 0 aromatic heterocycles. The quantitative estimate of drug-likeness (QED) is 0.513. The van der Waals surface area contributed by atoms with Crippen LogP contribution in [0.25, 0.3) is 0 Å². The zero-order chi connectivity index (χ0) is 11.8. The van der Waals surface area contributed by atoms with E-state index >= 15 is 0 Å². The van der Waals surface area contributed by atoms with Crippen LogP contribution in [0.5, 0.6) is 0 Å². The van der Waals surface area contributed by atoms with Crippen LogP contribution in [-0.2, 0) is 0 Å². The third-order valence-corrected chi connectivity index (χ3v) is 4.97. The van der Waals surface area contributed by atoms with Gasteiger partial charge in [-0.2, -0.15) is 0 Å². The molecule has 1 spiro atoms. The number of hydrogen-bond acceptors (Lipinski definition) is 0. The van der Waals surface area contributed by atoms with E-state index in [0.717, 1.165) is 17.3 Å². The molecule has 2 aliphatic carbocycles. The van der Waals surface area contributed by atoms with Gasteiger partial charge in [-0.15, -0.1) is 0 Å². The van der Waals surface area contributed by atoms with Crippen LogP contribution in [0.4, 0.5) is 0 Å². The van der Waals surface area contributed by atoms with Gasteiger partial charge in [0, 0.05) is 0 Å². The maximum Gasteiger partial charge on any atom is -0.0287 e. The molecule has 0 heteroatoms. The molecule has 3 unspecified atom stereocenters. The molecule has 94 valence electrons. The minimum Gasteiger partial charge on any atom is -0.0625 e. The summed E-state index contributed by atoms with van der Waals surface area (Å²) in [5, 5.41) is 0. The van der Waals surface area contributed by atoms with Crippen LogP contribution in [0.1, 0.15) is 79.1 Å². The minimum atomic E-state index is 0.599. The largest absolute Gasteiger partial charge is 0.0625 e. The van der Waals surface area contributed by atoms with E-state index < -0.39 is 0 Å². The van der Waals surface area contributed by atoms with Gasteiger partial charge in [0.05, 0.1) is 0 Å². The van der Waals surface area contributed by atoms with Crippen molar-refractivity contribution >= 4 is 0 Å². The van der Waals surface area contributed by atoms with E-state index in [1.807, 2.05) is 0 Å². The van der Waals surface area contributed by atoms with Gasteiger partial charge in [0.1, 0.15) is 0 Å². The van der Waals surface area contributed by atoms with E-state index in [0.29, 0.717) is 5.41 Å². The Bertz CT molecular complexity index is 240. The Morgan fingerprint density at radius 2 is 1.56 bits per heavy atom. The highest BCUT2D eigenvalue weighted by Crippen LogP contribution is 2.55. The predicted molar refractivity (Wildman–Crippen MR) is 71.5 cm³/mol. The number of hydrogen-bond donors (Lipinski definition) is 0. The van der Waals surface area contributed by atoms with Crippen molar-refractivity contribution < 1.29 is 0 Å². The molecule has 0 radical (unpaired) electrons. The Labute approximate surface area is 102 Å². The minimum absolute atomic E-state index is 0.599. The second-order valence-electron chi connectivity index (χ2n) is 7.91. The molecule has 2 fully saturated rings. The first-order chi connectivity index (χ1) is 7.41. The van der Waals surface area contributed by atoms with Crippen molar-refractivity contribution in [3.05, 3.63) is 0 Å². The lowest BCUT2D eigenvalue weighted by atomic mass is 9.57. The fraction of sp³-hybridized carbons (Fsp3) is 1.00. The van der Waals surface area contributed by atoms with Gasteiger partial charge in [0.15, 0.2) is 0 Å². The molecule has 0 N–H and O–H groups in total. The molecule has 0 saturated heterocycles. The summed E-state index contributed by atoms with van der Waals surface area (Å²) in [6.45, 7) is 9.97. The molecule has 2 rings (SSSR count). The van der Waals surface area contributed by atoms with Gasteiger partial charge in [0.2, 0.25) is 0 Å². The summed E-state index contributed by atoms with van der Waals surface area (Å²) in [7, 11) is 0. The molecule has 3 atom stereocenters. The Morgan fingerprint density at radius 1 is 0.875 bits per heavy atom. The average molecular weight is 222 g/mol. The molecule has 0 aromatic carbocycles. The monoisotopic (exact) mass is 222 g/mol. The fourth-order valence-corrected chi connectivity index (χ4v) is 5.20. The molecule has 2 saturated carbocycles. The number of rotatable bonds is 0. The van der Waals surface area contributed by atoms with Crippen molar-refractivity contribution in [2.45, 2.75) is 79.1 Å². The van der Waals surface area contributed by atoms with Gasteiger partial charge in [-0.3, -0.25) is 0 Å². The van der Waals surface area contributed by atoms with Crippen LogP contribution < -0.4 is 0 Å². The maximum atomic E-state index is 2.50. The molecule has 0 amide bonds. The molecule has 0 aromatic rings. The smallest absolute Gasteiger partial charge is 0.0287 e. The standard InChI is InChI=1S/C16H30/c1-13-7-5-6-8-16(10-13)11-14(2)9-15(3,4)12-16/h13-14H,5-12H2,1-4H3. The second-order valence-corrected chi connectivity index (χ2v) is 7.91. The van der Waals surface area contributed by atoms with Gasteiger partial charge >= 0.3 is 0 Å². The van der Waals surface area contributed by atoms with Crippen molar-refractivity contribution in [3.8, 4) is 0 Å². The molecule has 0 heterocycles. The lowest BCUT2D eigenvalue weighted by molar-refractivity contribution is 0.0264. The summed E-state index contributed by atoms with van der Waals surface area (Å²) < 4.78 is 0. The summed E-state index contributed by atoms with van der Waals surface area (Å²) in [6.07, 6.45) is 12.0. The third kappa shape index (κ3) is 2.81. The summed E-state index contributed by atoms with van der Waals surface area (Å²) >= 11 is 0. The SMILES string of the molecule is CC1CCCCC2(C1)CC(C)CC(C)(C)C2. The zero-order valence-corrected chi connectivity index (χ0v) is 11.8. The Hall–Kier alpha value is 0. The first kappa shape index (κ1) is 12.5. The lowest BCUT2D eigenvalue weighted by Crippen LogP contribution is -2.37. The summed E-state index contributed by atoms with van der Waals surface area (Å²) in [6, 6.07) is 0. The van der Waals surface area contributed by atoms with E-state index in [2.05, 4.69) is 27.7 Å². The van der Waals surface area contributed by atoms with Crippen LogP contribution in [0, 0.1) is 22.7 Å². The van der Waals surface area contributed by atoms with E-state index in [1.54, 1.807) is 0 Å². The highest BCUT2D eigenvalue weighted by Gasteiger charge is 2.43. The van der Waals surface area contributed by atoms with Crippen molar-refractivity contribution in [3.63, 3.8) is 0 Å². The van der Waals surface area contributed by atoms with Crippen molar-refractivity contribution in [1.29, 1.82) is 0 Å². The van der Waals surface area contributed by atoms with Gasteiger partial charge < -0.3 is 0 Å². The van der Waals surface area contributed by atoms with Crippen molar-refractivity contribution in [2.75, 3.05) is 0 Å². The normalized spacial score (nSPS) is 44.2.